The first-order chi connectivity index (χ1) is 6.85. The lowest BCUT2D eigenvalue weighted by Gasteiger charge is -2.19. The molecule has 88 valence electrons. The molecular weight excluding hydrogens is 198 g/mol. The van der Waals surface area contributed by atoms with Crippen molar-refractivity contribution in [2.24, 2.45) is 0 Å². The molecule has 0 aromatic heterocycles. The van der Waals surface area contributed by atoms with Gasteiger partial charge in [-0.05, 0) is 20.8 Å². The largest absolute Gasteiger partial charge is 0.469 e. The molecule has 0 aliphatic carbocycles. The Balaban J connectivity index is 3.52. The van der Waals surface area contributed by atoms with Gasteiger partial charge in [0.25, 0.3) is 0 Å². The molecule has 0 spiro atoms. The quantitative estimate of drug-likeness (QED) is 0.536. The second-order valence-corrected chi connectivity index (χ2v) is 4.09. The number of nitrogens with one attached hydrogen (secondary N) is 1. The van der Waals surface area contributed by atoms with Crippen LogP contribution < -0.4 is 5.32 Å². The van der Waals surface area contributed by atoms with E-state index in [2.05, 4.69) is 10.1 Å². The van der Waals surface area contributed by atoms with Gasteiger partial charge < -0.3 is 14.8 Å². The molecule has 0 fully saturated rings. The Morgan fingerprint density at radius 3 is 2.27 bits per heavy atom. The zero-order valence-corrected chi connectivity index (χ0v) is 9.75. The third-order valence-electron chi connectivity index (χ3n) is 1.42. The van der Waals surface area contributed by atoms with Gasteiger partial charge >= 0.3 is 11.9 Å². The Morgan fingerprint density at radius 2 is 1.80 bits per heavy atom. The van der Waals surface area contributed by atoms with Crippen LogP contribution in [0.15, 0.2) is 0 Å². The molecule has 5 nitrogen and oxygen atoms in total. The Labute approximate surface area is 90.1 Å². The van der Waals surface area contributed by atoms with Crippen molar-refractivity contribution >= 4 is 11.9 Å². The first-order valence-corrected chi connectivity index (χ1v) is 4.84. The summed E-state index contributed by atoms with van der Waals surface area (Å²) in [7, 11) is 1.33. The zero-order chi connectivity index (χ0) is 11.9. The third kappa shape index (κ3) is 9.21. The van der Waals surface area contributed by atoms with Crippen LogP contribution in [0.25, 0.3) is 0 Å². The number of carbonyl (C=O) groups is 2. The minimum atomic E-state index is -0.471. The number of esters is 2. The van der Waals surface area contributed by atoms with Gasteiger partial charge in [-0.3, -0.25) is 9.59 Å². The first-order valence-electron chi connectivity index (χ1n) is 4.84. The number of methoxy groups -OCH3 is 1. The lowest BCUT2D eigenvalue weighted by molar-refractivity contribution is -0.153. The van der Waals surface area contributed by atoms with Gasteiger partial charge in [0.05, 0.1) is 20.1 Å². The van der Waals surface area contributed by atoms with E-state index in [1.54, 1.807) is 20.8 Å². The number of carbonyl (C=O) groups excluding carboxylic acids is 2. The Hall–Kier alpha value is -1.10. The first kappa shape index (κ1) is 13.9. The van der Waals surface area contributed by atoms with Crippen LogP contribution in [0.5, 0.6) is 0 Å². The van der Waals surface area contributed by atoms with Crippen molar-refractivity contribution in [3.8, 4) is 0 Å². The van der Waals surface area contributed by atoms with Crippen molar-refractivity contribution in [2.75, 3.05) is 20.2 Å². The highest BCUT2D eigenvalue weighted by Crippen LogP contribution is 2.05. The lowest BCUT2D eigenvalue weighted by Crippen LogP contribution is -2.32. The molecule has 0 aromatic rings. The number of hydrogen-bond acceptors (Lipinski definition) is 5. The fourth-order valence-electron chi connectivity index (χ4n) is 0.861. The number of hydrogen-bond donors (Lipinski definition) is 1. The van der Waals surface area contributed by atoms with Gasteiger partial charge in [0.15, 0.2) is 0 Å². The summed E-state index contributed by atoms with van der Waals surface area (Å²) in [6.07, 6.45) is 0.249. The van der Waals surface area contributed by atoms with Crippen LogP contribution in [0.3, 0.4) is 0 Å². The van der Waals surface area contributed by atoms with Gasteiger partial charge in [0.1, 0.15) is 5.60 Å². The van der Waals surface area contributed by atoms with Gasteiger partial charge in [-0.15, -0.1) is 0 Å². The third-order valence-corrected chi connectivity index (χ3v) is 1.42. The summed E-state index contributed by atoms with van der Waals surface area (Å²) >= 11 is 0. The van der Waals surface area contributed by atoms with E-state index >= 15 is 0 Å². The highest BCUT2D eigenvalue weighted by atomic mass is 16.6. The molecule has 0 bridgehead atoms. The predicted octanol–water partition coefficient (Wildman–Crippen LogP) is 0.481. The normalized spacial score (nSPS) is 10.9. The van der Waals surface area contributed by atoms with Gasteiger partial charge in [0, 0.05) is 6.54 Å². The molecule has 5 heteroatoms. The van der Waals surface area contributed by atoms with Crippen LogP contribution in [0.1, 0.15) is 27.2 Å². The lowest BCUT2D eigenvalue weighted by atomic mass is 10.2. The average Bonchev–Trinajstić information content (AvgIpc) is 2.09. The molecule has 0 aliphatic heterocycles. The maximum Gasteiger partial charge on any atom is 0.320 e. The summed E-state index contributed by atoms with van der Waals surface area (Å²) < 4.78 is 9.50. The Bertz CT molecular complexity index is 220. The molecule has 0 saturated heterocycles. The van der Waals surface area contributed by atoms with Crippen molar-refractivity contribution in [1.29, 1.82) is 0 Å². The zero-order valence-electron chi connectivity index (χ0n) is 9.75. The van der Waals surface area contributed by atoms with E-state index in [9.17, 15) is 9.59 Å². The molecule has 0 aromatic carbocycles. The molecule has 1 N–H and O–H groups in total. The topological polar surface area (TPSA) is 64.6 Å². The highest BCUT2D eigenvalue weighted by molar-refractivity contribution is 5.72. The van der Waals surface area contributed by atoms with Crippen LogP contribution in [0, 0.1) is 0 Å². The molecule has 0 atom stereocenters. The van der Waals surface area contributed by atoms with Crippen molar-refractivity contribution in [1.82, 2.24) is 5.32 Å². The van der Waals surface area contributed by atoms with E-state index < -0.39 is 5.60 Å². The van der Waals surface area contributed by atoms with E-state index in [4.69, 9.17) is 4.74 Å². The van der Waals surface area contributed by atoms with Crippen molar-refractivity contribution in [3.63, 3.8) is 0 Å². The second kappa shape index (κ2) is 6.40. The molecule has 0 amide bonds. The maximum atomic E-state index is 11.2. The molecule has 0 radical (unpaired) electrons. The van der Waals surface area contributed by atoms with Gasteiger partial charge in [-0.2, -0.15) is 0 Å². The SMILES string of the molecule is COC(=O)CCNCC(=O)OC(C)(C)C. The molecule has 15 heavy (non-hydrogen) atoms. The fourth-order valence-corrected chi connectivity index (χ4v) is 0.861. The maximum absolute atomic E-state index is 11.2. The van der Waals surface area contributed by atoms with E-state index in [0.29, 0.717) is 6.54 Å². The van der Waals surface area contributed by atoms with Gasteiger partial charge in [-0.1, -0.05) is 0 Å². The average molecular weight is 217 g/mol. The summed E-state index contributed by atoms with van der Waals surface area (Å²) in [5.41, 5.74) is -0.471. The van der Waals surface area contributed by atoms with Crippen molar-refractivity contribution < 1.29 is 19.1 Å². The van der Waals surface area contributed by atoms with Gasteiger partial charge in [0.2, 0.25) is 0 Å². The minimum Gasteiger partial charge on any atom is -0.469 e. The van der Waals surface area contributed by atoms with Crippen LogP contribution in [0.2, 0.25) is 0 Å². The standard InChI is InChI=1S/C10H19NO4/c1-10(2,3)15-9(13)7-11-6-5-8(12)14-4/h11H,5-7H2,1-4H3. The smallest absolute Gasteiger partial charge is 0.320 e. The van der Waals surface area contributed by atoms with Gasteiger partial charge in [-0.25, -0.2) is 0 Å². The Morgan fingerprint density at radius 1 is 1.20 bits per heavy atom. The van der Waals surface area contributed by atoms with E-state index in [1.807, 2.05) is 0 Å². The van der Waals surface area contributed by atoms with E-state index in [0.717, 1.165) is 0 Å². The van der Waals surface area contributed by atoms with Crippen LogP contribution in [-0.2, 0) is 19.1 Å². The number of ether oxygens (including phenoxy) is 2. The molecular formula is C10H19NO4. The monoisotopic (exact) mass is 217 g/mol. The van der Waals surface area contributed by atoms with E-state index in [1.165, 1.54) is 7.11 Å². The van der Waals surface area contributed by atoms with Crippen molar-refractivity contribution in [2.45, 2.75) is 32.8 Å². The second-order valence-electron chi connectivity index (χ2n) is 4.09. The molecule has 0 aliphatic rings. The van der Waals surface area contributed by atoms with Crippen molar-refractivity contribution in [3.05, 3.63) is 0 Å². The molecule has 0 heterocycles. The van der Waals surface area contributed by atoms with Crippen LogP contribution in [-0.4, -0.2) is 37.7 Å². The fraction of sp³-hybridized carbons (Fsp3) is 0.800. The predicted molar refractivity (Wildman–Crippen MR) is 55.3 cm³/mol. The van der Waals surface area contributed by atoms with Crippen LogP contribution >= 0.6 is 0 Å². The minimum absolute atomic E-state index is 0.105. The summed E-state index contributed by atoms with van der Waals surface area (Å²) in [5.74, 6) is -0.626. The summed E-state index contributed by atoms with van der Waals surface area (Å²) in [6.45, 7) is 5.93. The summed E-state index contributed by atoms with van der Waals surface area (Å²) in [4.78, 5) is 21.9. The summed E-state index contributed by atoms with van der Waals surface area (Å²) in [6, 6.07) is 0. The van der Waals surface area contributed by atoms with Crippen LogP contribution in [0.4, 0.5) is 0 Å². The molecule has 0 unspecified atom stereocenters. The summed E-state index contributed by atoms with van der Waals surface area (Å²) in [5, 5.41) is 2.80. The molecule has 0 rings (SSSR count). The Kier molecular flexibility index (Phi) is 5.93. The number of rotatable bonds is 5. The van der Waals surface area contributed by atoms with E-state index in [-0.39, 0.29) is 24.9 Å². The highest BCUT2D eigenvalue weighted by Gasteiger charge is 2.15. The molecule has 0 saturated carbocycles.